The number of aromatic nitrogens is 2. The monoisotopic (exact) mass is 348 g/mol. The molecule has 0 spiro atoms. The van der Waals surface area contributed by atoms with E-state index in [0.29, 0.717) is 22.3 Å². The van der Waals surface area contributed by atoms with Crippen LogP contribution < -0.4 is 10.6 Å². The lowest BCUT2D eigenvalue weighted by molar-refractivity contribution is -0.112. The Hall–Kier alpha value is -3.81. The largest absolute Gasteiger partial charge is 0.478 e. The maximum atomic E-state index is 12.3. The minimum absolute atomic E-state index is 0.0614. The van der Waals surface area contributed by atoms with E-state index in [2.05, 4.69) is 20.6 Å². The second-order valence-electron chi connectivity index (χ2n) is 5.84. The summed E-state index contributed by atoms with van der Waals surface area (Å²) in [6.07, 6.45) is 1.60. The Morgan fingerprint density at radius 2 is 2.00 bits per heavy atom. The number of aryl methyl sites for hydroxylation is 1. The lowest BCUT2D eigenvalue weighted by atomic mass is 10.1. The van der Waals surface area contributed by atoms with Gasteiger partial charge in [0.1, 0.15) is 5.82 Å². The van der Waals surface area contributed by atoms with Crippen LogP contribution in [0.15, 0.2) is 36.5 Å². The number of nitrogens with zero attached hydrogens (tertiary/aromatic N) is 2. The smallest absolute Gasteiger partial charge is 0.335 e. The van der Waals surface area contributed by atoms with Crippen molar-refractivity contribution in [1.82, 2.24) is 9.97 Å². The van der Waals surface area contributed by atoms with Crippen molar-refractivity contribution in [2.45, 2.75) is 6.92 Å². The van der Waals surface area contributed by atoms with Gasteiger partial charge in [-0.1, -0.05) is 0 Å². The van der Waals surface area contributed by atoms with Gasteiger partial charge in [-0.3, -0.25) is 14.6 Å². The first kappa shape index (κ1) is 15.7. The molecule has 4 rings (SSSR count). The highest BCUT2D eigenvalue weighted by Crippen LogP contribution is 2.37. The van der Waals surface area contributed by atoms with E-state index in [0.717, 1.165) is 5.69 Å². The molecule has 128 valence electrons. The van der Waals surface area contributed by atoms with Gasteiger partial charge in [-0.05, 0) is 37.3 Å². The number of nitrogens with one attached hydrogen (secondary N) is 2. The number of Topliss-reactive ketones (excluding diaryl/α,β-unsaturated/α-hetero) is 1. The Morgan fingerprint density at radius 1 is 1.19 bits per heavy atom. The van der Waals surface area contributed by atoms with Crippen molar-refractivity contribution < 1.29 is 19.5 Å². The number of carbonyl (C=O) groups excluding carboxylic acids is 2. The van der Waals surface area contributed by atoms with Crippen molar-refractivity contribution in [2.75, 3.05) is 10.6 Å². The van der Waals surface area contributed by atoms with Crippen LogP contribution in [0.25, 0.3) is 10.9 Å². The summed E-state index contributed by atoms with van der Waals surface area (Å²) in [5.74, 6) is -2.34. The number of carboxylic acids is 1. The number of ketones is 1. The first-order chi connectivity index (χ1) is 12.4. The van der Waals surface area contributed by atoms with Crippen LogP contribution in [0.3, 0.4) is 0 Å². The van der Waals surface area contributed by atoms with E-state index in [1.165, 1.54) is 18.2 Å². The van der Waals surface area contributed by atoms with E-state index in [1.54, 1.807) is 18.3 Å². The zero-order valence-electron chi connectivity index (χ0n) is 13.5. The van der Waals surface area contributed by atoms with Crippen LogP contribution in [-0.4, -0.2) is 32.7 Å². The van der Waals surface area contributed by atoms with E-state index in [4.69, 9.17) is 0 Å². The average Bonchev–Trinajstić information content (AvgIpc) is 2.90. The van der Waals surface area contributed by atoms with Crippen molar-refractivity contribution in [3.63, 3.8) is 0 Å². The molecule has 8 nitrogen and oxygen atoms in total. The fraction of sp³-hybridized carbons (Fsp3) is 0.0556. The predicted molar refractivity (Wildman–Crippen MR) is 93.9 cm³/mol. The van der Waals surface area contributed by atoms with Gasteiger partial charge in [0.25, 0.3) is 11.7 Å². The van der Waals surface area contributed by atoms with Crippen LogP contribution in [0.5, 0.6) is 0 Å². The molecule has 1 aromatic carbocycles. The Bertz CT molecular complexity index is 1120. The van der Waals surface area contributed by atoms with Crippen LogP contribution in [-0.2, 0) is 4.79 Å². The Balaban J connectivity index is 1.94. The topological polar surface area (TPSA) is 121 Å². The number of benzene rings is 1. The normalized spacial score (nSPS) is 12.8. The number of rotatable bonds is 3. The van der Waals surface area contributed by atoms with Crippen molar-refractivity contribution in [3.05, 3.63) is 53.3 Å². The lowest BCUT2D eigenvalue weighted by Gasteiger charge is -2.12. The van der Waals surface area contributed by atoms with Crippen LogP contribution >= 0.6 is 0 Å². The van der Waals surface area contributed by atoms with Crippen molar-refractivity contribution in [3.8, 4) is 0 Å². The molecule has 0 saturated carbocycles. The van der Waals surface area contributed by atoms with Crippen LogP contribution in [0.2, 0.25) is 0 Å². The first-order valence-electron chi connectivity index (χ1n) is 7.70. The molecule has 0 fully saturated rings. The second kappa shape index (κ2) is 5.62. The molecular formula is C18H12N4O4. The number of anilines is 3. The van der Waals surface area contributed by atoms with E-state index in [1.807, 2.05) is 6.92 Å². The molecular weight excluding hydrogens is 336 g/mol. The number of amides is 1. The molecule has 0 radical (unpaired) electrons. The summed E-state index contributed by atoms with van der Waals surface area (Å²) < 4.78 is 0. The summed E-state index contributed by atoms with van der Waals surface area (Å²) in [5, 5.41) is 15.3. The van der Waals surface area contributed by atoms with E-state index < -0.39 is 17.7 Å². The maximum Gasteiger partial charge on any atom is 0.335 e. The Morgan fingerprint density at radius 3 is 2.73 bits per heavy atom. The molecule has 1 aliphatic rings. The van der Waals surface area contributed by atoms with Crippen molar-refractivity contribution >= 4 is 45.8 Å². The Labute approximate surface area is 146 Å². The number of fused-ring (bicyclic) bond motifs is 3. The molecule has 1 aliphatic heterocycles. The predicted octanol–water partition coefficient (Wildman–Crippen LogP) is 2.51. The highest BCUT2D eigenvalue weighted by atomic mass is 16.4. The summed E-state index contributed by atoms with van der Waals surface area (Å²) in [5.41, 5.74) is 2.29. The van der Waals surface area contributed by atoms with Gasteiger partial charge >= 0.3 is 5.97 Å². The summed E-state index contributed by atoms with van der Waals surface area (Å²) in [6, 6.07) is 7.80. The number of carbonyl (C=O) groups is 3. The minimum Gasteiger partial charge on any atom is -0.478 e. The summed E-state index contributed by atoms with van der Waals surface area (Å²) >= 11 is 0. The molecule has 0 aliphatic carbocycles. The minimum atomic E-state index is -1.09. The molecule has 3 aromatic rings. The van der Waals surface area contributed by atoms with Gasteiger partial charge in [0.2, 0.25) is 0 Å². The highest BCUT2D eigenvalue weighted by Gasteiger charge is 2.34. The first-order valence-corrected chi connectivity index (χ1v) is 7.70. The van der Waals surface area contributed by atoms with Gasteiger partial charge in [0, 0.05) is 23.0 Å². The van der Waals surface area contributed by atoms with Crippen LogP contribution in [0.1, 0.15) is 26.4 Å². The maximum absolute atomic E-state index is 12.3. The van der Waals surface area contributed by atoms with Crippen LogP contribution in [0, 0.1) is 6.92 Å². The molecule has 0 saturated heterocycles. The standard InChI is InChI=1S/C18H12N4O4/c1-8-6-10(4-5-19-8)20-16-13-14(22-17(24)15(13)23)11-3-2-9(18(25)26)7-12(11)21-16/h2-7H,1H3,(H,25,26)(H,19,20,21)(H,22,23,24). The summed E-state index contributed by atoms with van der Waals surface area (Å²) in [7, 11) is 0. The zero-order valence-corrected chi connectivity index (χ0v) is 13.5. The van der Waals surface area contributed by atoms with Gasteiger partial charge in [0.05, 0.1) is 22.3 Å². The summed E-state index contributed by atoms with van der Waals surface area (Å²) in [6.45, 7) is 1.82. The van der Waals surface area contributed by atoms with Crippen LogP contribution in [0.4, 0.5) is 17.2 Å². The third-order valence-corrected chi connectivity index (χ3v) is 4.06. The fourth-order valence-electron chi connectivity index (χ4n) is 2.88. The highest BCUT2D eigenvalue weighted by molar-refractivity contribution is 6.54. The van der Waals surface area contributed by atoms with Gasteiger partial charge in [0.15, 0.2) is 0 Å². The quantitative estimate of drug-likeness (QED) is 0.622. The SMILES string of the molecule is Cc1cc(Nc2nc3cc(C(=O)O)ccc3c3c2C(=O)C(=O)N3)ccn1. The fourth-order valence-corrected chi connectivity index (χ4v) is 2.88. The number of pyridine rings is 2. The van der Waals surface area contributed by atoms with Crippen molar-refractivity contribution in [2.24, 2.45) is 0 Å². The third kappa shape index (κ3) is 2.44. The van der Waals surface area contributed by atoms with Gasteiger partial charge in [-0.2, -0.15) is 0 Å². The lowest BCUT2D eigenvalue weighted by Crippen LogP contribution is -2.13. The molecule has 1 amide bonds. The van der Waals surface area contributed by atoms with E-state index >= 15 is 0 Å². The molecule has 0 unspecified atom stereocenters. The van der Waals surface area contributed by atoms with Gasteiger partial charge in [-0.15, -0.1) is 0 Å². The molecule has 2 aromatic heterocycles. The van der Waals surface area contributed by atoms with E-state index in [-0.39, 0.29) is 16.9 Å². The number of carboxylic acid groups (broad SMARTS) is 1. The Kier molecular flexibility index (Phi) is 3.40. The van der Waals surface area contributed by atoms with E-state index in [9.17, 15) is 19.5 Å². The van der Waals surface area contributed by atoms with Gasteiger partial charge < -0.3 is 15.7 Å². The molecule has 0 bridgehead atoms. The molecule has 8 heteroatoms. The number of hydrogen-bond donors (Lipinski definition) is 3. The average molecular weight is 348 g/mol. The number of aromatic carboxylic acids is 1. The second-order valence-corrected chi connectivity index (χ2v) is 5.84. The molecule has 26 heavy (non-hydrogen) atoms. The zero-order chi connectivity index (χ0) is 18.4. The van der Waals surface area contributed by atoms with Crippen molar-refractivity contribution in [1.29, 1.82) is 0 Å². The number of hydrogen-bond acceptors (Lipinski definition) is 6. The third-order valence-electron chi connectivity index (χ3n) is 4.06. The summed E-state index contributed by atoms with van der Waals surface area (Å²) in [4.78, 5) is 43.9. The molecule has 0 atom stereocenters. The molecule has 3 heterocycles. The van der Waals surface area contributed by atoms with Gasteiger partial charge in [-0.25, -0.2) is 9.78 Å². The molecule has 3 N–H and O–H groups in total.